The number of carbonyl (C=O) groups excluding carboxylic acids is 1. The first-order chi connectivity index (χ1) is 11.6. The van der Waals surface area contributed by atoms with Crippen molar-refractivity contribution in [3.05, 3.63) is 65.9 Å². The summed E-state index contributed by atoms with van der Waals surface area (Å²) in [6.45, 7) is 4.35. The molecule has 0 saturated carbocycles. The predicted octanol–water partition coefficient (Wildman–Crippen LogP) is 2.60. The zero-order valence-corrected chi connectivity index (χ0v) is 13.5. The van der Waals surface area contributed by atoms with Crippen LogP contribution in [0.5, 0.6) is 0 Å². The molecule has 2 amide bonds. The van der Waals surface area contributed by atoms with Gasteiger partial charge < -0.3 is 10.6 Å². The number of nitrogens with zero attached hydrogens (tertiary/aromatic N) is 4. The monoisotopic (exact) mass is 322 g/mol. The number of aryl methyl sites for hydroxylation is 2. The van der Waals surface area contributed by atoms with Gasteiger partial charge in [0.25, 0.3) is 0 Å². The van der Waals surface area contributed by atoms with E-state index >= 15 is 0 Å². The molecule has 0 saturated heterocycles. The third-order valence-electron chi connectivity index (χ3n) is 3.43. The number of nitrogens with one attached hydrogen (secondary N) is 2. The maximum Gasteiger partial charge on any atom is 0.319 e. The fourth-order valence-electron chi connectivity index (χ4n) is 2.30. The largest absolute Gasteiger partial charge is 0.334 e. The lowest BCUT2D eigenvalue weighted by atomic mass is 10.3. The number of carbonyl (C=O) groups is 1. The zero-order valence-electron chi connectivity index (χ0n) is 13.5. The molecular formula is C17H18N6O. The van der Waals surface area contributed by atoms with Gasteiger partial charge in [0, 0.05) is 24.6 Å². The second-order valence-electron chi connectivity index (χ2n) is 5.41. The summed E-state index contributed by atoms with van der Waals surface area (Å²) in [4.78, 5) is 20.2. The molecule has 3 aromatic rings. The molecule has 0 atom stereocenters. The summed E-state index contributed by atoms with van der Waals surface area (Å²) in [5.74, 6) is 0.711. The second-order valence-corrected chi connectivity index (χ2v) is 5.41. The molecule has 3 aromatic heterocycles. The van der Waals surface area contributed by atoms with Crippen molar-refractivity contribution in [3.8, 4) is 5.82 Å². The van der Waals surface area contributed by atoms with Crippen molar-refractivity contribution in [2.45, 2.75) is 20.4 Å². The summed E-state index contributed by atoms with van der Waals surface area (Å²) >= 11 is 0. The molecule has 7 nitrogen and oxygen atoms in total. The van der Waals surface area contributed by atoms with Gasteiger partial charge in [0.05, 0.1) is 17.6 Å². The van der Waals surface area contributed by atoms with Crippen molar-refractivity contribution >= 4 is 11.7 Å². The van der Waals surface area contributed by atoms with Crippen LogP contribution in [-0.2, 0) is 6.54 Å². The molecule has 0 spiro atoms. The molecule has 0 aliphatic heterocycles. The van der Waals surface area contributed by atoms with E-state index in [-0.39, 0.29) is 6.03 Å². The molecule has 24 heavy (non-hydrogen) atoms. The second kappa shape index (κ2) is 6.91. The van der Waals surface area contributed by atoms with E-state index in [1.165, 1.54) is 0 Å². The number of aromatic nitrogens is 4. The van der Waals surface area contributed by atoms with E-state index in [1.807, 2.05) is 38.1 Å². The van der Waals surface area contributed by atoms with Gasteiger partial charge in [0.2, 0.25) is 0 Å². The molecule has 0 unspecified atom stereocenters. The molecular weight excluding hydrogens is 304 g/mol. The highest BCUT2D eigenvalue weighted by Crippen LogP contribution is 2.12. The van der Waals surface area contributed by atoms with Crippen LogP contribution in [0.4, 0.5) is 10.5 Å². The number of rotatable bonds is 4. The minimum atomic E-state index is -0.285. The van der Waals surface area contributed by atoms with Crippen LogP contribution in [0.2, 0.25) is 0 Å². The number of amides is 2. The van der Waals surface area contributed by atoms with Gasteiger partial charge in [-0.05, 0) is 49.7 Å². The van der Waals surface area contributed by atoms with Crippen molar-refractivity contribution in [1.82, 2.24) is 25.1 Å². The highest BCUT2D eigenvalue weighted by atomic mass is 16.2. The molecule has 7 heteroatoms. The molecule has 0 aromatic carbocycles. The number of hydrogen-bond donors (Lipinski definition) is 2. The predicted molar refractivity (Wildman–Crippen MR) is 90.9 cm³/mol. The Balaban J connectivity index is 1.60. The fourth-order valence-corrected chi connectivity index (χ4v) is 2.30. The molecule has 3 heterocycles. The number of pyridine rings is 2. The Morgan fingerprint density at radius 3 is 2.58 bits per heavy atom. The van der Waals surface area contributed by atoms with Crippen LogP contribution < -0.4 is 10.6 Å². The van der Waals surface area contributed by atoms with Crippen LogP contribution in [0.25, 0.3) is 5.82 Å². The van der Waals surface area contributed by atoms with E-state index in [0.717, 1.165) is 17.0 Å². The summed E-state index contributed by atoms with van der Waals surface area (Å²) in [6, 6.07) is 9.02. The first-order valence-electron chi connectivity index (χ1n) is 7.55. The summed E-state index contributed by atoms with van der Waals surface area (Å²) in [6.07, 6.45) is 4.99. The van der Waals surface area contributed by atoms with Gasteiger partial charge in [-0.25, -0.2) is 14.5 Å². The average molecular weight is 322 g/mol. The number of anilines is 1. The third-order valence-corrected chi connectivity index (χ3v) is 3.43. The normalized spacial score (nSPS) is 10.4. The van der Waals surface area contributed by atoms with Crippen LogP contribution in [0.1, 0.15) is 17.0 Å². The molecule has 0 fully saturated rings. The molecule has 3 rings (SSSR count). The van der Waals surface area contributed by atoms with Crippen LogP contribution in [0, 0.1) is 13.8 Å². The van der Waals surface area contributed by atoms with Crippen LogP contribution in [0.15, 0.2) is 48.9 Å². The summed E-state index contributed by atoms with van der Waals surface area (Å²) in [7, 11) is 0. The Morgan fingerprint density at radius 2 is 1.96 bits per heavy atom. The topological polar surface area (TPSA) is 84.7 Å². The van der Waals surface area contributed by atoms with Crippen LogP contribution in [-0.4, -0.2) is 25.8 Å². The average Bonchev–Trinajstić information content (AvgIpc) is 2.93. The highest BCUT2D eigenvalue weighted by Gasteiger charge is 2.06. The lowest BCUT2D eigenvalue weighted by Gasteiger charge is -2.08. The Labute approximate surface area is 139 Å². The molecule has 0 radical (unpaired) electrons. The van der Waals surface area contributed by atoms with Crippen LogP contribution in [0.3, 0.4) is 0 Å². The van der Waals surface area contributed by atoms with Gasteiger partial charge >= 0.3 is 6.03 Å². The van der Waals surface area contributed by atoms with E-state index in [9.17, 15) is 4.79 Å². The summed E-state index contributed by atoms with van der Waals surface area (Å²) < 4.78 is 1.77. The van der Waals surface area contributed by atoms with E-state index in [0.29, 0.717) is 18.1 Å². The lowest BCUT2D eigenvalue weighted by Crippen LogP contribution is -2.28. The molecule has 0 aliphatic carbocycles. The Morgan fingerprint density at radius 1 is 1.17 bits per heavy atom. The molecule has 122 valence electrons. The molecule has 0 bridgehead atoms. The van der Waals surface area contributed by atoms with Crippen molar-refractivity contribution in [2.75, 3.05) is 5.32 Å². The Kier molecular flexibility index (Phi) is 4.51. The summed E-state index contributed by atoms with van der Waals surface area (Å²) in [5.41, 5.74) is 3.55. The maximum atomic E-state index is 11.9. The quantitative estimate of drug-likeness (QED) is 0.773. The SMILES string of the molecule is Cc1cc(C)n(-c2ccc(NC(=O)NCc3ccncc3)cn2)n1. The fraction of sp³-hybridized carbons (Fsp3) is 0.176. The van der Waals surface area contributed by atoms with Crippen molar-refractivity contribution in [1.29, 1.82) is 0 Å². The highest BCUT2D eigenvalue weighted by molar-refractivity contribution is 5.89. The standard InChI is InChI=1S/C17H18N6O/c1-12-9-13(2)23(22-12)16-4-3-15(11-19-16)21-17(24)20-10-14-5-7-18-8-6-14/h3-9,11H,10H2,1-2H3,(H2,20,21,24). The van der Waals surface area contributed by atoms with E-state index < -0.39 is 0 Å². The smallest absolute Gasteiger partial charge is 0.319 e. The van der Waals surface area contributed by atoms with E-state index in [1.54, 1.807) is 29.3 Å². The summed E-state index contributed by atoms with van der Waals surface area (Å²) in [5, 5.41) is 9.92. The zero-order chi connectivity index (χ0) is 16.9. The van der Waals surface area contributed by atoms with Crippen molar-refractivity contribution in [3.63, 3.8) is 0 Å². The van der Waals surface area contributed by atoms with Gasteiger partial charge in [0.1, 0.15) is 0 Å². The van der Waals surface area contributed by atoms with Gasteiger partial charge in [-0.3, -0.25) is 4.98 Å². The van der Waals surface area contributed by atoms with Gasteiger partial charge in [0.15, 0.2) is 5.82 Å². The molecule has 0 aliphatic rings. The minimum Gasteiger partial charge on any atom is -0.334 e. The molecule has 2 N–H and O–H groups in total. The Hall–Kier alpha value is -3.22. The first kappa shape index (κ1) is 15.7. The van der Waals surface area contributed by atoms with Crippen molar-refractivity contribution in [2.24, 2.45) is 0 Å². The van der Waals surface area contributed by atoms with Gasteiger partial charge in [-0.15, -0.1) is 0 Å². The number of hydrogen-bond acceptors (Lipinski definition) is 4. The van der Waals surface area contributed by atoms with Gasteiger partial charge in [-0.1, -0.05) is 0 Å². The maximum absolute atomic E-state index is 11.9. The van der Waals surface area contributed by atoms with Crippen LogP contribution >= 0.6 is 0 Å². The Bertz CT molecular complexity index is 826. The third kappa shape index (κ3) is 3.75. The van der Waals surface area contributed by atoms with E-state index in [4.69, 9.17) is 0 Å². The lowest BCUT2D eigenvalue weighted by molar-refractivity contribution is 0.251. The van der Waals surface area contributed by atoms with Crippen molar-refractivity contribution < 1.29 is 4.79 Å². The first-order valence-corrected chi connectivity index (χ1v) is 7.55. The van der Waals surface area contributed by atoms with E-state index in [2.05, 4.69) is 25.7 Å². The minimum absolute atomic E-state index is 0.285. The van der Waals surface area contributed by atoms with Gasteiger partial charge in [-0.2, -0.15) is 5.10 Å². The number of urea groups is 1.